The second kappa shape index (κ2) is 6.89. The van der Waals surface area contributed by atoms with Gasteiger partial charge in [-0.15, -0.1) is 0 Å². The van der Waals surface area contributed by atoms with Crippen molar-refractivity contribution in [3.63, 3.8) is 0 Å². The first-order valence-electron chi connectivity index (χ1n) is 8.04. The lowest BCUT2D eigenvalue weighted by Crippen LogP contribution is -2.42. The van der Waals surface area contributed by atoms with Gasteiger partial charge in [-0.3, -0.25) is 4.79 Å². The summed E-state index contributed by atoms with van der Waals surface area (Å²) in [4.78, 5) is 11.6. The van der Waals surface area contributed by atoms with Crippen molar-refractivity contribution >= 4 is 17.3 Å². The van der Waals surface area contributed by atoms with E-state index in [0.717, 1.165) is 24.2 Å². The second-order valence-corrected chi connectivity index (χ2v) is 6.12. The fraction of sp³-hybridized carbons (Fsp3) is 0.438. The van der Waals surface area contributed by atoms with Gasteiger partial charge in [-0.2, -0.15) is 0 Å². The van der Waals surface area contributed by atoms with Crippen LogP contribution in [0.2, 0.25) is 0 Å². The van der Waals surface area contributed by atoms with Crippen molar-refractivity contribution in [1.82, 2.24) is 10.9 Å². The summed E-state index contributed by atoms with van der Waals surface area (Å²) in [7, 11) is 0. The number of benzene rings is 1. The van der Waals surface area contributed by atoms with Gasteiger partial charge in [-0.05, 0) is 31.0 Å². The molecular weight excluding hydrogens is 292 g/mol. The van der Waals surface area contributed by atoms with Crippen LogP contribution in [-0.2, 0) is 0 Å². The average molecular weight is 316 g/mol. The molecule has 8 N–H and O–H groups in total. The number of rotatable bonds is 5. The van der Waals surface area contributed by atoms with Crippen molar-refractivity contribution in [3.8, 4) is 0 Å². The first-order chi connectivity index (χ1) is 11.1. The molecular formula is C16H24N6O. The molecule has 124 valence electrons. The summed E-state index contributed by atoms with van der Waals surface area (Å²) in [5.74, 6) is -0.451. The third kappa shape index (κ3) is 3.75. The van der Waals surface area contributed by atoms with Crippen LogP contribution in [0.1, 0.15) is 36.0 Å². The van der Waals surface area contributed by atoms with E-state index in [-0.39, 0.29) is 12.1 Å². The lowest BCUT2D eigenvalue weighted by atomic mass is 9.91. The third-order valence-corrected chi connectivity index (χ3v) is 4.38. The summed E-state index contributed by atoms with van der Waals surface area (Å²) in [6.45, 7) is 0.656. The molecule has 0 radical (unpaired) electrons. The number of carbonyl (C=O) groups is 1. The van der Waals surface area contributed by atoms with Crippen LogP contribution < -0.4 is 33.0 Å². The highest BCUT2D eigenvalue weighted by molar-refractivity contribution is 5.99. The van der Waals surface area contributed by atoms with Gasteiger partial charge in [0.05, 0.1) is 17.8 Å². The Hall–Kier alpha value is -2.25. The molecule has 0 bridgehead atoms. The maximum atomic E-state index is 11.6. The molecule has 0 unspecified atom stereocenters. The van der Waals surface area contributed by atoms with E-state index in [1.807, 2.05) is 18.3 Å². The molecule has 2 aliphatic rings. The Kier molecular flexibility index (Phi) is 4.68. The molecule has 1 aliphatic heterocycles. The molecule has 0 spiro atoms. The summed E-state index contributed by atoms with van der Waals surface area (Å²) in [5, 5.41) is 6.74. The van der Waals surface area contributed by atoms with Crippen LogP contribution in [0.25, 0.3) is 0 Å². The van der Waals surface area contributed by atoms with E-state index < -0.39 is 5.91 Å². The highest BCUT2D eigenvalue weighted by Crippen LogP contribution is 2.26. The van der Waals surface area contributed by atoms with E-state index in [0.29, 0.717) is 17.8 Å². The Morgan fingerprint density at radius 3 is 2.78 bits per heavy atom. The summed E-state index contributed by atoms with van der Waals surface area (Å²) in [6, 6.07) is 5.98. The number of hydrogen-bond acceptors (Lipinski definition) is 6. The highest BCUT2D eigenvalue weighted by atomic mass is 16.1. The molecule has 23 heavy (non-hydrogen) atoms. The Balaban J connectivity index is 1.79. The molecule has 1 aliphatic carbocycles. The third-order valence-electron chi connectivity index (χ3n) is 4.38. The molecule has 0 saturated heterocycles. The molecule has 3 rings (SSSR count). The van der Waals surface area contributed by atoms with Crippen LogP contribution in [0.15, 0.2) is 30.1 Å². The zero-order valence-corrected chi connectivity index (χ0v) is 13.1. The monoisotopic (exact) mass is 316 g/mol. The van der Waals surface area contributed by atoms with Crippen molar-refractivity contribution in [1.29, 1.82) is 0 Å². The molecule has 0 aromatic heterocycles. The quantitative estimate of drug-likeness (QED) is 0.479. The molecule has 1 saturated carbocycles. The fourth-order valence-electron chi connectivity index (χ4n) is 3.09. The van der Waals surface area contributed by atoms with E-state index in [1.54, 1.807) is 6.07 Å². The molecule has 1 heterocycles. The lowest BCUT2D eigenvalue weighted by molar-refractivity contribution is 0.100. The normalized spacial score (nSPS) is 23.8. The van der Waals surface area contributed by atoms with Gasteiger partial charge < -0.3 is 27.5 Å². The van der Waals surface area contributed by atoms with Crippen molar-refractivity contribution in [2.45, 2.75) is 37.8 Å². The first kappa shape index (κ1) is 15.6. The summed E-state index contributed by atoms with van der Waals surface area (Å²) < 4.78 is 0. The van der Waals surface area contributed by atoms with E-state index in [2.05, 4.69) is 21.5 Å². The topological polar surface area (TPSA) is 117 Å². The van der Waals surface area contributed by atoms with Crippen molar-refractivity contribution in [3.05, 3.63) is 35.7 Å². The van der Waals surface area contributed by atoms with E-state index >= 15 is 0 Å². The molecule has 7 heteroatoms. The number of primary amides is 1. The number of hydrogen-bond donors (Lipinski definition) is 6. The van der Waals surface area contributed by atoms with E-state index in [4.69, 9.17) is 11.5 Å². The molecule has 1 amide bonds. The first-order valence-corrected chi connectivity index (χ1v) is 8.04. The van der Waals surface area contributed by atoms with Crippen LogP contribution in [0.3, 0.4) is 0 Å². The van der Waals surface area contributed by atoms with Gasteiger partial charge in [0, 0.05) is 29.7 Å². The number of amides is 1. The predicted molar refractivity (Wildman–Crippen MR) is 91.7 cm³/mol. The zero-order chi connectivity index (χ0) is 16.2. The SMILES string of the molecule is NC(=O)c1ccc(N[C@@H]2CCCC[C@@H]2N)cc1NC1=CNNC1. The van der Waals surface area contributed by atoms with E-state index in [9.17, 15) is 4.79 Å². The number of carbonyl (C=O) groups excluding carboxylic acids is 1. The Morgan fingerprint density at radius 2 is 2.09 bits per heavy atom. The Bertz CT molecular complexity index is 615. The maximum absolute atomic E-state index is 11.6. The van der Waals surface area contributed by atoms with E-state index in [1.165, 1.54) is 12.8 Å². The van der Waals surface area contributed by atoms with Gasteiger partial charge in [0.25, 0.3) is 5.91 Å². The minimum atomic E-state index is -0.451. The van der Waals surface area contributed by atoms with Crippen molar-refractivity contribution in [2.75, 3.05) is 17.2 Å². The van der Waals surface area contributed by atoms with Crippen LogP contribution in [-0.4, -0.2) is 24.5 Å². The van der Waals surface area contributed by atoms with Gasteiger partial charge >= 0.3 is 0 Å². The number of anilines is 2. The van der Waals surface area contributed by atoms with Gasteiger partial charge in [-0.25, -0.2) is 5.43 Å². The standard InChI is InChI=1S/C16H24N6O/c17-13-3-1-2-4-14(13)21-10-5-6-12(16(18)23)15(7-10)22-11-8-19-20-9-11/h5-8,13-14,19-22H,1-4,9,17H2,(H2,18,23)/t13-,14+/m0/s1. The molecule has 2 atom stereocenters. The predicted octanol–water partition coefficient (Wildman–Crippen LogP) is 0.828. The molecule has 1 aromatic rings. The van der Waals surface area contributed by atoms with Crippen LogP contribution in [0, 0.1) is 0 Å². The lowest BCUT2D eigenvalue weighted by Gasteiger charge is -2.30. The minimum Gasteiger partial charge on any atom is -0.381 e. The van der Waals surface area contributed by atoms with Crippen LogP contribution >= 0.6 is 0 Å². The second-order valence-electron chi connectivity index (χ2n) is 6.12. The number of hydrazine groups is 1. The molecule has 1 aromatic carbocycles. The largest absolute Gasteiger partial charge is 0.381 e. The van der Waals surface area contributed by atoms with Crippen molar-refractivity contribution < 1.29 is 4.79 Å². The number of nitrogens with two attached hydrogens (primary N) is 2. The van der Waals surface area contributed by atoms with Gasteiger partial charge in [0.1, 0.15) is 0 Å². The summed E-state index contributed by atoms with van der Waals surface area (Å²) in [5.41, 5.74) is 20.6. The fourth-order valence-corrected chi connectivity index (χ4v) is 3.09. The smallest absolute Gasteiger partial charge is 0.250 e. The Labute approximate surface area is 135 Å². The van der Waals surface area contributed by atoms with Gasteiger partial charge in [0.15, 0.2) is 0 Å². The highest BCUT2D eigenvalue weighted by Gasteiger charge is 2.22. The van der Waals surface area contributed by atoms with Gasteiger partial charge in [0.2, 0.25) is 0 Å². The molecule has 1 fully saturated rings. The van der Waals surface area contributed by atoms with Gasteiger partial charge in [-0.1, -0.05) is 12.8 Å². The summed E-state index contributed by atoms with van der Waals surface area (Å²) >= 11 is 0. The maximum Gasteiger partial charge on any atom is 0.250 e. The zero-order valence-electron chi connectivity index (χ0n) is 13.1. The van der Waals surface area contributed by atoms with Crippen LogP contribution in [0.5, 0.6) is 0 Å². The number of nitrogens with one attached hydrogen (secondary N) is 4. The molecule has 7 nitrogen and oxygen atoms in total. The Morgan fingerprint density at radius 1 is 1.26 bits per heavy atom. The van der Waals surface area contributed by atoms with Crippen LogP contribution in [0.4, 0.5) is 11.4 Å². The summed E-state index contributed by atoms with van der Waals surface area (Å²) in [6.07, 6.45) is 6.33. The average Bonchev–Trinajstić information content (AvgIpc) is 3.02. The van der Waals surface area contributed by atoms with Crippen molar-refractivity contribution in [2.24, 2.45) is 11.5 Å². The minimum absolute atomic E-state index is 0.168.